The number of guanidine groups is 1. The van der Waals surface area contributed by atoms with E-state index in [9.17, 15) is 4.39 Å². The summed E-state index contributed by atoms with van der Waals surface area (Å²) in [5.74, 6) is 0.899. The van der Waals surface area contributed by atoms with Gasteiger partial charge in [0, 0.05) is 38.6 Å². The molecule has 3 rings (SSSR count). The molecule has 0 saturated carbocycles. The number of halogens is 1. The average molecular weight is 410 g/mol. The minimum atomic E-state index is -0.425. The Morgan fingerprint density at radius 2 is 2.07 bits per heavy atom. The van der Waals surface area contributed by atoms with Crippen LogP contribution in [-0.4, -0.2) is 34.3 Å². The Hall–Kier alpha value is -3.42. The highest BCUT2D eigenvalue weighted by atomic mass is 19.1. The van der Waals surface area contributed by atoms with Crippen LogP contribution in [0.15, 0.2) is 53.8 Å². The molecule has 0 amide bonds. The molecule has 2 aromatic heterocycles. The fourth-order valence-corrected chi connectivity index (χ4v) is 3.01. The van der Waals surface area contributed by atoms with Gasteiger partial charge in [-0.2, -0.15) is 5.10 Å². The van der Waals surface area contributed by atoms with Crippen molar-refractivity contribution < 1.29 is 9.13 Å². The zero-order valence-corrected chi connectivity index (χ0v) is 17.5. The number of hydrogen-bond acceptors (Lipinski definition) is 4. The molecule has 7 nitrogen and oxygen atoms in total. The van der Waals surface area contributed by atoms with Gasteiger partial charge in [0.25, 0.3) is 0 Å². The third kappa shape index (κ3) is 6.04. The van der Waals surface area contributed by atoms with Crippen molar-refractivity contribution in [3.63, 3.8) is 0 Å². The van der Waals surface area contributed by atoms with Gasteiger partial charge in [-0.3, -0.25) is 14.7 Å². The first-order chi connectivity index (χ1) is 14.5. The molecule has 0 bridgehead atoms. The minimum absolute atomic E-state index is 0.165. The van der Waals surface area contributed by atoms with Gasteiger partial charge in [-0.05, 0) is 56.2 Å². The lowest BCUT2D eigenvalue weighted by molar-refractivity contribution is 0.440. The lowest BCUT2D eigenvalue weighted by Crippen LogP contribution is -2.37. The lowest BCUT2D eigenvalue weighted by atomic mass is 10.2. The van der Waals surface area contributed by atoms with E-state index >= 15 is 0 Å². The van der Waals surface area contributed by atoms with Gasteiger partial charge in [0.15, 0.2) is 17.5 Å². The van der Waals surface area contributed by atoms with E-state index in [1.807, 2.05) is 17.7 Å². The third-order valence-corrected chi connectivity index (χ3v) is 4.48. The first-order valence-electron chi connectivity index (χ1n) is 9.87. The van der Waals surface area contributed by atoms with E-state index in [0.717, 1.165) is 36.5 Å². The summed E-state index contributed by atoms with van der Waals surface area (Å²) in [5, 5.41) is 10.9. The fraction of sp³-hybridized carbons (Fsp3) is 0.318. The molecule has 0 saturated heterocycles. The Morgan fingerprint density at radius 1 is 1.20 bits per heavy atom. The second-order valence-electron chi connectivity index (χ2n) is 6.91. The maximum absolute atomic E-state index is 14.4. The molecule has 0 aliphatic heterocycles. The van der Waals surface area contributed by atoms with Gasteiger partial charge in [-0.15, -0.1) is 0 Å². The number of rotatable bonds is 8. The van der Waals surface area contributed by atoms with E-state index in [4.69, 9.17) is 4.74 Å². The van der Waals surface area contributed by atoms with E-state index in [1.165, 1.54) is 6.07 Å². The molecule has 158 valence electrons. The largest absolute Gasteiger partial charge is 0.453 e. The number of aryl methyl sites for hydroxylation is 3. The van der Waals surface area contributed by atoms with Crippen molar-refractivity contribution in [2.45, 2.75) is 33.4 Å². The molecular formula is C22H27FN6O. The third-order valence-electron chi connectivity index (χ3n) is 4.48. The van der Waals surface area contributed by atoms with Crippen LogP contribution in [0.4, 0.5) is 4.39 Å². The van der Waals surface area contributed by atoms with E-state index in [1.54, 1.807) is 37.6 Å². The Labute approximate surface area is 176 Å². The Kier molecular flexibility index (Phi) is 7.37. The molecule has 0 unspecified atom stereocenters. The van der Waals surface area contributed by atoms with Crippen LogP contribution in [0, 0.1) is 19.7 Å². The van der Waals surface area contributed by atoms with E-state index in [0.29, 0.717) is 18.3 Å². The summed E-state index contributed by atoms with van der Waals surface area (Å²) >= 11 is 0. The molecule has 2 heterocycles. The number of aromatic nitrogens is 3. The Balaban J connectivity index is 1.45. The van der Waals surface area contributed by atoms with Crippen LogP contribution < -0.4 is 15.4 Å². The number of ether oxygens (including phenoxy) is 1. The molecule has 0 radical (unpaired) electrons. The SMILES string of the molecule is CN=C(NCCCn1nc(C)cc1C)NCc1ccc(Oc2cccnc2)c(F)c1. The zero-order chi connectivity index (χ0) is 21.3. The minimum Gasteiger partial charge on any atom is -0.453 e. The summed E-state index contributed by atoms with van der Waals surface area (Å²) in [6, 6.07) is 10.4. The van der Waals surface area contributed by atoms with E-state index < -0.39 is 5.82 Å². The maximum Gasteiger partial charge on any atom is 0.191 e. The van der Waals surface area contributed by atoms with Crippen LogP contribution in [0.1, 0.15) is 23.4 Å². The molecule has 0 fully saturated rings. The smallest absolute Gasteiger partial charge is 0.191 e. The summed E-state index contributed by atoms with van der Waals surface area (Å²) in [5.41, 5.74) is 2.98. The van der Waals surface area contributed by atoms with Gasteiger partial charge >= 0.3 is 0 Å². The number of benzene rings is 1. The zero-order valence-electron chi connectivity index (χ0n) is 17.5. The van der Waals surface area contributed by atoms with Gasteiger partial charge in [0.2, 0.25) is 0 Å². The van der Waals surface area contributed by atoms with Gasteiger partial charge in [-0.1, -0.05) is 6.07 Å². The summed E-state index contributed by atoms with van der Waals surface area (Å²) in [6.45, 7) is 6.09. The summed E-state index contributed by atoms with van der Waals surface area (Å²) in [7, 11) is 1.71. The molecule has 0 aliphatic carbocycles. The lowest BCUT2D eigenvalue weighted by Gasteiger charge is -2.13. The van der Waals surface area contributed by atoms with Crippen LogP contribution in [0.3, 0.4) is 0 Å². The second kappa shape index (κ2) is 10.4. The highest BCUT2D eigenvalue weighted by Crippen LogP contribution is 2.24. The van der Waals surface area contributed by atoms with Gasteiger partial charge in [0.1, 0.15) is 5.75 Å². The number of nitrogens with zero attached hydrogens (tertiary/aromatic N) is 4. The molecule has 0 spiro atoms. The van der Waals surface area contributed by atoms with Crippen LogP contribution in [-0.2, 0) is 13.1 Å². The molecule has 0 aliphatic rings. The van der Waals surface area contributed by atoms with Crippen molar-refractivity contribution in [3.05, 3.63) is 71.6 Å². The molecular weight excluding hydrogens is 383 g/mol. The van der Waals surface area contributed by atoms with Crippen LogP contribution in [0.25, 0.3) is 0 Å². The van der Waals surface area contributed by atoms with Gasteiger partial charge < -0.3 is 15.4 Å². The van der Waals surface area contributed by atoms with E-state index in [2.05, 4.69) is 38.7 Å². The molecule has 0 atom stereocenters. The van der Waals surface area contributed by atoms with Crippen molar-refractivity contribution in [3.8, 4) is 11.5 Å². The van der Waals surface area contributed by atoms with E-state index in [-0.39, 0.29) is 5.75 Å². The molecule has 30 heavy (non-hydrogen) atoms. The standard InChI is InChI=1S/C22H27FN6O/c1-16-12-17(2)29(28-16)11-5-10-26-22(24-3)27-14-18-7-8-21(20(23)13-18)30-19-6-4-9-25-15-19/h4,6-9,12-13,15H,5,10-11,14H2,1-3H3,(H2,24,26,27). The topological polar surface area (TPSA) is 76.4 Å². The first kappa shape index (κ1) is 21.3. The maximum atomic E-state index is 14.4. The summed E-state index contributed by atoms with van der Waals surface area (Å²) < 4.78 is 21.9. The van der Waals surface area contributed by atoms with Gasteiger partial charge in [0.05, 0.1) is 11.9 Å². The van der Waals surface area contributed by atoms with Crippen molar-refractivity contribution in [1.82, 2.24) is 25.4 Å². The van der Waals surface area contributed by atoms with Crippen LogP contribution in [0.2, 0.25) is 0 Å². The average Bonchev–Trinajstić information content (AvgIpc) is 3.07. The van der Waals surface area contributed by atoms with Crippen molar-refractivity contribution >= 4 is 5.96 Å². The van der Waals surface area contributed by atoms with Crippen molar-refractivity contribution in [2.75, 3.05) is 13.6 Å². The fourth-order valence-electron chi connectivity index (χ4n) is 3.01. The second-order valence-corrected chi connectivity index (χ2v) is 6.91. The first-order valence-corrected chi connectivity index (χ1v) is 9.87. The number of hydrogen-bond donors (Lipinski definition) is 2. The number of aliphatic imine (C=N–C) groups is 1. The molecule has 8 heteroatoms. The molecule has 3 aromatic rings. The number of pyridine rings is 1. The predicted molar refractivity (Wildman–Crippen MR) is 115 cm³/mol. The van der Waals surface area contributed by atoms with Crippen LogP contribution in [0.5, 0.6) is 11.5 Å². The normalized spacial score (nSPS) is 11.4. The molecule has 2 N–H and O–H groups in total. The summed E-state index contributed by atoms with van der Waals surface area (Å²) in [4.78, 5) is 8.17. The Morgan fingerprint density at radius 3 is 2.73 bits per heavy atom. The Bertz CT molecular complexity index is 987. The number of nitrogens with one attached hydrogen (secondary N) is 2. The monoisotopic (exact) mass is 410 g/mol. The van der Waals surface area contributed by atoms with Crippen molar-refractivity contribution in [1.29, 1.82) is 0 Å². The van der Waals surface area contributed by atoms with Gasteiger partial charge in [-0.25, -0.2) is 4.39 Å². The highest BCUT2D eigenvalue weighted by molar-refractivity contribution is 5.79. The van der Waals surface area contributed by atoms with Crippen LogP contribution >= 0.6 is 0 Å². The quantitative estimate of drug-likeness (QED) is 0.337. The van der Waals surface area contributed by atoms with Crippen molar-refractivity contribution in [2.24, 2.45) is 4.99 Å². The predicted octanol–water partition coefficient (Wildman–Crippen LogP) is 3.58. The molecule has 1 aromatic carbocycles. The highest BCUT2D eigenvalue weighted by Gasteiger charge is 2.07. The summed E-state index contributed by atoms with van der Waals surface area (Å²) in [6.07, 6.45) is 4.09.